The predicted octanol–water partition coefficient (Wildman–Crippen LogP) is 3.37. The zero-order valence-electron chi connectivity index (χ0n) is 12.6. The summed E-state index contributed by atoms with van der Waals surface area (Å²) in [5.41, 5.74) is 6.23. The van der Waals surface area contributed by atoms with Gasteiger partial charge in [-0.2, -0.15) is 4.98 Å². The maximum absolute atomic E-state index is 11.9. The summed E-state index contributed by atoms with van der Waals surface area (Å²) in [6, 6.07) is 4.96. The van der Waals surface area contributed by atoms with Crippen molar-refractivity contribution in [2.24, 2.45) is 5.92 Å². The number of aromatic nitrogens is 1. The number of hydrogen-bond donors (Lipinski definition) is 1. The molecular formula is C16H22N2O3. The molecule has 1 atom stereocenters. The average Bonchev–Trinajstić information content (AvgIpc) is 2.48. The Morgan fingerprint density at radius 2 is 2.19 bits per heavy atom. The van der Waals surface area contributed by atoms with Crippen LogP contribution in [0.2, 0.25) is 0 Å². The van der Waals surface area contributed by atoms with Crippen molar-refractivity contribution in [2.45, 2.75) is 39.5 Å². The third kappa shape index (κ3) is 3.97. The van der Waals surface area contributed by atoms with Crippen molar-refractivity contribution in [1.82, 2.24) is 4.98 Å². The number of nitrogens with two attached hydrogens (primary N) is 1. The zero-order valence-corrected chi connectivity index (χ0v) is 12.6. The maximum Gasteiger partial charge on any atom is 0.397 e. The fraction of sp³-hybridized carbons (Fsp3) is 0.500. The molecule has 1 unspecified atom stereocenters. The van der Waals surface area contributed by atoms with Gasteiger partial charge in [-0.05, 0) is 30.5 Å². The van der Waals surface area contributed by atoms with E-state index in [1.165, 1.54) is 12.8 Å². The number of nitrogens with zero attached hydrogens (tertiary/aromatic N) is 1. The highest BCUT2D eigenvalue weighted by Gasteiger charge is 2.11. The summed E-state index contributed by atoms with van der Waals surface area (Å²) in [5.74, 6) is 0.458. The highest BCUT2D eigenvalue weighted by atomic mass is 16.6. The van der Waals surface area contributed by atoms with Gasteiger partial charge in [-0.1, -0.05) is 33.1 Å². The van der Waals surface area contributed by atoms with Gasteiger partial charge in [0.1, 0.15) is 0 Å². The van der Waals surface area contributed by atoms with Gasteiger partial charge in [0.15, 0.2) is 0 Å². The number of fused-ring (bicyclic) bond motifs is 1. The van der Waals surface area contributed by atoms with Crippen LogP contribution in [-0.4, -0.2) is 11.6 Å². The molecule has 0 saturated heterocycles. The van der Waals surface area contributed by atoms with Crippen molar-refractivity contribution in [3.05, 3.63) is 28.6 Å². The predicted molar refractivity (Wildman–Crippen MR) is 83.5 cm³/mol. The molecule has 0 saturated carbocycles. The fourth-order valence-corrected chi connectivity index (χ4v) is 2.22. The van der Waals surface area contributed by atoms with E-state index in [1.807, 2.05) is 0 Å². The second-order valence-corrected chi connectivity index (χ2v) is 5.27. The highest BCUT2D eigenvalue weighted by molar-refractivity contribution is 5.80. The first-order chi connectivity index (χ1) is 10.1. The van der Waals surface area contributed by atoms with Gasteiger partial charge < -0.3 is 14.9 Å². The fourth-order valence-electron chi connectivity index (χ4n) is 2.22. The van der Waals surface area contributed by atoms with Crippen molar-refractivity contribution in [3.63, 3.8) is 0 Å². The van der Waals surface area contributed by atoms with Crippen molar-refractivity contribution in [2.75, 3.05) is 12.3 Å². The molecule has 2 aromatic rings. The quantitative estimate of drug-likeness (QED) is 0.791. The standard InChI is InChI=1S/C16H22N2O3/c1-3-5-6-11(4-2)10-20-16-18-14-8-7-12(17)9-13(14)15(19)21-16/h7-9,11H,3-6,10,17H2,1-2H3. The second kappa shape index (κ2) is 7.11. The van der Waals surface area contributed by atoms with Crippen molar-refractivity contribution < 1.29 is 9.15 Å². The first-order valence-corrected chi connectivity index (χ1v) is 7.47. The van der Waals surface area contributed by atoms with E-state index in [4.69, 9.17) is 14.9 Å². The molecule has 0 spiro atoms. The van der Waals surface area contributed by atoms with Gasteiger partial charge in [-0.3, -0.25) is 0 Å². The van der Waals surface area contributed by atoms with Gasteiger partial charge in [0.25, 0.3) is 0 Å². The van der Waals surface area contributed by atoms with Crippen LogP contribution in [-0.2, 0) is 0 Å². The number of anilines is 1. The number of rotatable bonds is 7. The van der Waals surface area contributed by atoms with Crippen LogP contribution >= 0.6 is 0 Å². The van der Waals surface area contributed by atoms with Crippen LogP contribution in [0.5, 0.6) is 6.08 Å². The van der Waals surface area contributed by atoms with E-state index in [-0.39, 0.29) is 6.08 Å². The van der Waals surface area contributed by atoms with Crippen LogP contribution in [0.1, 0.15) is 39.5 Å². The molecule has 0 aliphatic heterocycles. The average molecular weight is 290 g/mol. The molecule has 5 heteroatoms. The van der Waals surface area contributed by atoms with Crippen molar-refractivity contribution in [1.29, 1.82) is 0 Å². The van der Waals surface area contributed by atoms with Crippen LogP contribution in [0, 0.1) is 5.92 Å². The van der Waals surface area contributed by atoms with Gasteiger partial charge >= 0.3 is 11.7 Å². The normalized spacial score (nSPS) is 12.5. The minimum atomic E-state index is -0.469. The molecule has 5 nitrogen and oxygen atoms in total. The Kier molecular flexibility index (Phi) is 5.20. The summed E-state index contributed by atoms with van der Waals surface area (Å²) in [5, 5.41) is 0.375. The van der Waals surface area contributed by atoms with E-state index in [1.54, 1.807) is 18.2 Å². The summed E-state index contributed by atoms with van der Waals surface area (Å²) in [6.45, 7) is 4.83. The highest BCUT2D eigenvalue weighted by Crippen LogP contribution is 2.18. The van der Waals surface area contributed by atoms with Crippen molar-refractivity contribution >= 4 is 16.6 Å². The Labute approximate surface area is 124 Å². The van der Waals surface area contributed by atoms with Crippen LogP contribution in [0.3, 0.4) is 0 Å². The number of benzene rings is 1. The maximum atomic E-state index is 11.9. The molecule has 1 heterocycles. The lowest BCUT2D eigenvalue weighted by Crippen LogP contribution is -2.13. The minimum Gasteiger partial charge on any atom is -0.450 e. The van der Waals surface area contributed by atoms with Crippen LogP contribution in [0.4, 0.5) is 5.69 Å². The summed E-state index contributed by atoms with van der Waals surface area (Å²) in [7, 11) is 0. The summed E-state index contributed by atoms with van der Waals surface area (Å²) in [4.78, 5) is 16.1. The first kappa shape index (κ1) is 15.4. The first-order valence-electron chi connectivity index (χ1n) is 7.47. The number of ether oxygens (including phenoxy) is 1. The monoisotopic (exact) mass is 290 g/mol. The van der Waals surface area contributed by atoms with E-state index in [9.17, 15) is 4.79 Å². The molecule has 21 heavy (non-hydrogen) atoms. The zero-order chi connectivity index (χ0) is 15.2. The van der Waals surface area contributed by atoms with E-state index in [0.29, 0.717) is 29.1 Å². The van der Waals surface area contributed by atoms with Gasteiger partial charge in [0.05, 0.1) is 17.5 Å². The van der Waals surface area contributed by atoms with Gasteiger partial charge in [0.2, 0.25) is 0 Å². The van der Waals surface area contributed by atoms with Gasteiger partial charge in [-0.15, -0.1) is 0 Å². The lowest BCUT2D eigenvalue weighted by atomic mass is 10.0. The SMILES string of the molecule is CCCCC(CC)COc1nc2ccc(N)cc2c(=O)o1. The molecule has 1 aromatic heterocycles. The molecule has 2 N–H and O–H groups in total. The van der Waals surface area contributed by atoms with Crippen molar-refractivity contribution in [3.8, 4) is 6.08 Å². The minimum absolute atomic E-state index is 0.0345. The smallest absolute Gasteiger partial charge is 0.397 e. The molecular weight excluding hydrogens is 268 g/mol. The van der Waals surface area contributed by atoms with E-state index < -0.39 is 5.63 Å². The van der Waals surface area contributed by atoms with Crippen LogP contribution in [0.25, 0.3) is 10.9 Å². The van der Waals surface area contributed by atoms with E-state index in [2.05, 4.69) is 18.8 Å². The molecule has 114 valence electrons. The molecule has 0 bridgehead atoms. The second-order valence-electron chi connectivity index (χ2n) is 5.27. The molecule has 1 aromatic carbocycles. The topological polar surface area (TPSA) is 78.4 Å². The van der Waals surface area contributed by atoms with E-state index >= 15 is 0 Å². The lowest BCUT2D eigenvalue weighted by Gasteiger charge is -2.14. The Bertz CT molecular complexity index is 652. The Hall–Kier alpha value is -2.04. The largest absolute Gasteiger partial charge is 0.450 e. The summed E-state index contributed by atoms with van der Waals surface area (Å²) >= 11 is 0. The molecule has 0 amide bonds. The Morgan fingerprint density at radius 3 is 2.90 bits per heavy atom. The Balaban J connectivity index is 2.12. The molecule has 0 fully saturated rings. The third-order valence-corrected chi connectivity index (χ3v) is 3.62. The van der Waals surface area contributed by atoms with Crippen LogP contribution in [0.15, 0.2) is 27.4 Å². The van der Waals surface area contributed by atoms with Gasteiger partial charge in [-0.25, -0.2) is 4.79 Å². The third-order valence-electron chi connectivity index (χ3n) is 3.62. The molecule has 2 rings (SSSR count). The lowest BCUT2D eigenvalue weighted by molar-refractivity contribution is 0.171. The molecule has 0 radical (unpaired) electrons. The summed E-state index contributed by atoms with van der Waals surface area (Å²) in [6.07, 6.45) is 4.53. The number of hydrogen-bond acceptors (Lipinski definition) is 5. The van der Waals surface area contributed by atoms with Gasteiger partial charge in [0, 0.05) is 5.69 Å². The summed E-state index contributed by atoms with van der Waals surface area (Å²) < 4.78 is 10.7. The Morgan fingerprint density at radius 1 is 1.38 bits per heavy atom. The van der Waals surface area contributed by atoms with E-state index in [0.717, 1.165) is 12.8 Å². The molecule has 0 aliphatic rings. The molecule has 0 aliphatic carbocycles. The number of nitrogen functional groups attached to an aromatic ring is 1. The number of unbranched alkanes of at least 4 members (excludes halogenated alkanes) is 1. The van der Waals surface area contributed by atoms with Crippen LogP contribution < -0.4 is 16.1 Å².